The van der Waals surface area contributed by atoms with Crippen LogP contribution in [0.5, 0.6) is 0 Å². The quantitative estimate of drug-likeness (QED) is 0.767. The molecule has 6 heteroatoms. The van der Waals surface area contributed by atoms with E-state index in [-0.39, 0.29) is 5.76 Å². The number of carboxylic acids is 1. The van der Waals surface area contributed by atoms with Crippen LogP contribution in [0.25, 0.3) is 11.0 Å². The average Bonchev–Trinajstić information content (AvgIpc) is 2.79. The van der Waals surface area contributed by atoms with Gasteiger partial charge in [0.2, 0.25) is 11.7 Å². The molecule has 1 amide bonds. The van der Waals surface area contributed by atoms with Crippen molar-refractivity contribution >= 4 is 22.8 Å². The number of nitrogens with two attached hydrogens (primary N) is 1. The molecular weight excluding hydrogens is 260 g/mol. The summed E-state index contributed by atoms with van der Waals surface area (Å²) < 4.78 is 5.17. The maximum atomic E-state index is 11.2. The molecule has 0 aliphatic rings. The number of carbonyl (C=O) groups is 2. The van der Waals surface area contributed by atoms with Crippen molar-refractivity contribution in [3.05, 3.63) is 35.6 Å². The fraction of sp³-hybridized carbons (Fsp3) is 0.286. The molecule has 0 bridgehead atoms. The summed E-state index contributed by atoms with van der Waals surface area (Å²) in [5.74, 6) is -1.63. The summed E-state index contributed by atoms with van der Waals surface area (Å²) in [6.07, 6.45) is 0. The molecule has 4 N–H and O–H groups in total. The molecule has 2 rings (SSSR count). The first kappa shape index (κ1) is 14.1. The van der Waals surface area contributed by atoms with Crippen molar-refractivity contribution in [3.8, 4) is 0 Å². The number of hydrogen-bond donors (Lipinski definition) is 3. The van der Waals surface area contributed by atoms with Crippen LogP contribution in [0.3, 0.4) is 0 Å². The van der Waals surface area contributed by atoms with Crippen molar-refractivity contribution in [3.63, 3.8) is 0 Å². The molecule has 0 atom stereocenters. The van der Waals surface area contributed by atoms with Crippen molar-refractivity contribution in [1.82, 2.24) is 5.32 Å². The van der Waals surface area contributed by atoms with Crippen LogP contribution in [0, 0.1) is 0 Å². The second-order valence-electron chi connectivity index (χ2n) is 5.13. The predicted octanol–water partition coefficient (Wildman–Crippen LogP) is 1.48. The smallest absolute Gasteiger partial charge is 0.371 e. The van der Waals surface area contributed by atoms with Crippen LogP contribution in [-0.2, 0) is 11.3 Å². The Bertz CT molecular complexity index is 673. The standard InChI is InChI=1S/C14H16N2O4/c1-14(2,13(15)19)16-7-8-3-4-10-9(5-8)6-11(20-10)12(17)18/h3-6,16H,7H2,1-2H3,(H2,15,19)(H,17,18). The fourth-order valence-corrected chi connectivity index (χ4v) is 1.72. The maximum Gasteiger partial charge on any atom is 0.371 e. The Kier molecular flexibility index (Phi) is 3.50. The number of carboxylic acid groups (broad SMARTS) is 1. The summed E-state index contributed by atoms with van der Waals surface area (Å²) in [7, 11) is 0. The minimum Gasteiger partial charge on any atom is -0.475 e. The first-order chi connectivity index (χ1) is 9.29. The SMILES string of the molecule is CC(C)(NCc1ccc2oc(C(=O)O)cc2c1)C(N)=O. The minimum atomic E-state index is -1.10. The zero-order valence-electron chi connectivity index (χ0n) is 11.3. The van der Waals surface area contributed by atoms with Crippen molar-refractivity contribution in [2.45, 2.75) is 25.9 Å². The van der Waals surface area contributed by atoms with Crippen LogP contribution < -0.4 is 11.1 Å². The second kappa shape index (κ2) is 4.97. The van der Waals surface area contributed by atoms with Gasteiger partial charge >= 0.3 is 5.97 Å². The highest BCUT2D eigenvalue weighted by atomic mass is 16.4. The van der Waals surface area contributed by atoms with E-state index in [1.807, 2.05) is 12.1 Å². The van der Waals surface area contributed by atoms with E-state index in [0.717, 1.165) is 5.56 Å². The third kappa shape index (κ3) is 2.80. The molecule has 6 nitrogen and oxygen atoms in total. The molecule has 2 aromatic rings. The number of hydrogen-bond acceptors (Lipinski definition) is 4. The van der Waals surface area contributed by atoms with Crippen LogP contribution in [0.1, 0.15) is 30.0 Å². The zero-order valence-corrected chi connectivity index (χ0v) is 11.3. The van der Waals surface area contributed by atoms with Crippen molar-refractivity contribution < 1.29 is 19.1 Å². The number of aromatic carboxylic acids is 1. The van der Waals surface area contributed by atoms with Crippen LogP contribution in [0.4, 0.5) is 0 Å². The van der Waals surface area contributed by atoms with E-state index in [9.17, 15) is 9.59 Å². The highest BCUT2D eigenvalue weighted by Crippen LogP contribution is 2.21. The van der Waals surface area contributed by atoms with Gasteiger partial charge in [-0.25, -0.2) is 4.79 Å². The van der Waals surface area contributed by atoms with Gasteiger partial charge in [0.15, 0.2) is 0 Å². The lowest BCUT2D eigenvalue weighted by Crippen LogP contribution is -2.50. The van der Waals surface area contributed by atoms with Gasteiger partial charge in [0.1, 0.15) is 5.58 Å². The Labute approximate surface area is 115 Å². The Morgan fingerprint density at radius 2 is 2.05 bits per heavy atom. The van der Waals surface area contributed by atoms with E-state index in [1.54, 1.807) is 19.9 Å². The largest absolute Gasteiger partial charge is 0.475 e. The van der Waals surface area contributed by atoms with E-state index < -0.39 is 17.4 Å². The van der Waals surface area contributed by atoms with Crippen LogP contribution >= 0.6 is 0 Å². The van der Waals surface area contributed by atoms with Crippen LogP contribution in [0.15, 0.2) is 28.7 Å². The Hall–Kier alpha value is -2.34. The number of furan rings is 1. The highest BCUT2D eigenvalue weighted by molar-refractivity contribution is 5.91. The first-order valence-corrected chi connectivity index (χ1v) is 6.10. The number of primary amides is 1. The van der Waals surface area contributed by atoms with Gasteiger partial charge in [0.25, 0.3) is 0 Å². The van der Waals surface area contributed by atoms with Crippen LogP contribution in [0.2, 0.25) is 0 Å². The van der Waals surface area contributed by atoms with E-state index in [0.29, 0.717) is 17.5 Å². The number of carbonyl (C=O) groups excluding carboxylic acids is 1. The average molecular weight is 276 g/mol. The van der Waals surface area contributed by atoms with E-state index >= 15 is 0 Å². The van der Waals surface area contributed by atoms with Crippen molar-refractivity contribution in [2.75, 3.05) is 0 Å². The molecular formula is C14H16N2O4. The van der Waals surface area contributed by atoms with Gasteiger partial charge in [-0.1, -0.05) is 6.07 Å². The third-order valence-corrected chi connectivity index (χ3v) is 3.14. The van der Waals surface area contributed by atoms with Gasteiger partial charge in [0, 0.05) is 11.9 Å². The molecule has 1 heterocycles. The van der Waals surface area contributed by atoms with Gasteiger partial charge in [-0.15, -0.1) is 0 Å². The lowest BCUT2D eigenvalue weighted by Gasteiger charge is -2.22. The summed E-state index contributed by atoms with van der Waals surface area (Å²) in [5.41, 5.74) is 5.89. The molecule has 0 spiro atoms. The number of amides is 1. The Morgan fingerprint density at radius 3 is 2.65 bits per heavy atom. The summed E-state index contributed by atoms with van der Waals surface area (Å²) in [6, 6.07) is 6.80. The monoisotopic (exact) mass is 276 g/mol. The molecule has 0 fully saturated rings. The number of benzene rings is 1. The van der Waals surface area contributed by atoms with E-state index in [1.165, 1.54) is 6.07 Å². The summed E-state index contributed by atoms with van der Waals surface area (Å²) >= 11 is 0. The molecule has 106 valence electrons. The van der Waals surface area contributed by atoms with Crippen molar-refractivity contribution in [2.24, 2.45) is 5.73 Å². The Morgan fingerprint density at radius 1 is 1.35 bits per heavy atom. The van der Waals surface area contributed by atoms with Crippen molar-refractivity contribution in [1.29, 1.82) is 0 Å². The van der Waals surface area contributed by atoms with E-state index in [4.69, 9.17) is 15.3 Å². The molecule has 0 aliphatic heterocycles. The second-order valence-corrected chi connectivity index (χ2v) is 5.13. The normalized spacial score (nSPS) is 11.7. The Balaban J connectivity index is 2.20. The summed E-state index contributed by atoms with van der Waals surface area (Å²) in [5, 5.41) is 12.6. The first-order valence-electron chi connectivity index (χ1n) is 6.10. The van der Waals surface area contributed by atoms with Gasteiger partial charge in [-0.05, 0) is 37.6 Å². The molecule has 1 aromatic heterocycles. The van der Waals surface area contributed by atoms with Gasteiger partial charge in [-0.3, -0.25) is 10.1 Å². The molecule has 0 aliphatic carbocycles. The van der Waals surface area contributed by atoms with Gasteiger partial charge < -0.3 is 15.3 Å². The third-order valence-electron chi connectivity index (χ3n) is 3.14. The molecule has 0 saturated heterocycles. The number of nitrogens with one attached hydrogen (secondary N) is 1. The van der Waals surface area contributed by atoms with Gasteiger partial charge in [-0.2, -0.15) is 0 Å². The summed E-state index contributed by atoms with van der Waals surface area (Å²) in [6.45, 7) is 3.85. The fourth-order valence-electron chi connectivity index (χ4n) is 1.72. The minimum absolute atomic E-state index is 0.0948. The molecule has 0 radical (unpaired) electrons. The lowest BCUT2D eigenvalue weighted by molar-refractivity contribution is -0.123. The molecule has 0 unspecified atom stereocenters. The highest BCUT2D eigenvalue weighted by Gasteiger charge is 2.23. The maximum absolute atomic E-state index is 11.2. The van der Waals surface area contributed by atoms with E-state index in [2.05, 4.69) is 5.32 Å². The zero-order chi connectivity index (χ0) is 14.9. The molecule has 0 saturated carbocycles. The number of rotatable bonds is 5. The summed E-state index contributed by atoms with van der Waals surface area (Å²) in [4.78, 5) is 22.0. The van der Waals surface area contributed by atoms with Gasteiger partial charge in [0.05, 0.1) is 5.54 Å². The molecule has 20 heavy (non-hydrogen) atoms. The predicted molar refractivity (Wildman–Crippen MR) is 73.3 cm³/mol. The van der Waals surface area contributed by atoms with Crippen LogP contribution in [-0.4, -0.2) is 22.5 Å². The topological polar surface area (TPSA) is 106 Å². The number of fused-ring (bicyclic) bond motifs is 1. The lowest BCUT2D eigenvalue weighted by atomic mass is 10.0. The molecule has 1 aromatic carbocycles.